The number of carbonyl (C=O) groups excluding carboxylic acids is 2. The van der Waals surface area contributed by atoms with Gasteiger partial charge in [-0.2, -0.15) is 0 Å². The molecule has 1 heterocycles. The number of benzene rings is 2. The van der Waals surface area contributed by atoms with Gasteiger partial charge in [0, 0.05) is 35.7 Å². The number of halogens is 1. The van der Waals surface area contributed by atoms with Gasteiger partial charge in [0.2, 0.25) is 0 Å². The molecule has 0 radical (unpaired) electrons. The summed E-state index contributed by atoms with van der Waals surface area (Å²) in [6, 6.07) is 16.0. The second-order valence-electron chi connectivity index (χ2n) is 9.31. The first-order valence-corrected chi connectivity index (χ1v) is 12.1. The summed E-state index contributed by atoms with van der Waals surface area (Å²) in [7, 11) is 0. The minimum atomic E-state index is -0.512. The highest BCUT2D eigenvalue weighted by atomic mass is 79.9. The lowest BCUT2D eigenvalue weighted by Crippen LogP contribution is -2.49. The molecule has 1 aliphatic heterocycles. The number of hydrogen-bond acceptors (Lipinski definition) is 3. The van der Waals surface area contributed by atoms with E-state index in [4.69, 9.17) is 4.74 Å². The molecule has 1 aliphatic rings. The van der Waals surface area contributed by atoms with Gasteiger partial charge in [-0.25, -0.2) is 4.79 Å². The summed E-state index contributed by atoms with van der Waals surface area (Å²) < 4.78 is 6.53. The van der Waals surface area contributed by atoms with E-state index in [-0.39, 0.29) is 18.0 Å². The largest absolute Gasteiger partial charge is 0.444 e. The van der Waals surface area contributed by atoms with Crippen molar-refractivity contribution in [3.05, 3.63) is 69.7 Å². The van der Waals surface area contributed by atoms with E-state index in [9.17, 15) is 9.59 Å². The number of carbonyl (C=O) groups is 2. The maximum absolute atomic E-state index is 13.5. The summed E-state index contributed by atoms with van der Waals surface area (Å²) in [5, 5.41) is 0. The van der Waals surface area contributed by atoms with Gasteiger partial charge in [0.1, 0.15) is 5.60 Å². The maximum Gasteiger partial charge on any atom is 0.410 e. The van der Waals surface area contributed by atoms with Crippen molar-refractivity contribution >= 4 is 27.9 Å². The molecule has 172 valence electrons. The van der Waals surface area contributed by atoms with Gasteiger partial charge in [-0.15, -0.1) is 0 Å². The molecule has 0 aliphatic carbocycles. The zero-order valence-electron chi connectivity index (χ0n) is 19.4. The Balaban J connectivity index is 1.75. The van der Waals surface area contributed by atoms with Crippen LogP contribution in [0.3, 0.4) is 0 Å². The van der Waals surface area contributed by atoms with Crippen LogP contribution in [0.4, 0.5) is 4.79 Å². The van der Waals surface area contributed by atoms with Crippen LogP contribution in [0.25, 0.3) is 0 Å². The lowest BCUT2D eigenvalue weighted by atomic mass is 10.0. The summed E-state index contributed by atoms with van der Waals surface area (Å²) in [6.45, 7) is 9.44. The smallest absolute Gasteiger partial charge is 0.410 e. The molecule has 2 aromatic rings. The molecule has 0 saturated carbocycles. The lowest BCUT2D eigenvalue weighted by Gasteiger charge is -2.39. The Morgan fingerprint density at radius 3 is 2.09 bits per heavy atom. The van der Waals surface area contributed by atoms with Crippen molar-refractivity contribution in [1.29, 1.82) is 0 Å². The highest BCUT2D eigenvalue weighted by Crippen LogP contribution is 2.24. The van der Waals surface area contributed by atoms with E-state index >= 15 is 0 Å². The highest BCUT2D eigenvalue weighted by molar-refractivity contribution is 9.10. The molecule has 0 atom stereocenters. The summed E-state index contributed by atoms with van der Waals surface area (Å²) in [6.07, 6.45) is 2.13. The van der Waals surface area contributed by atoms with Gasteiger partial charge < -0.3 is 14.5 Å². The van der Waals surface area contributed by atoms with E-state index in [2.05, 4.69) is 22.9 Å². The topological polar surface area (TPSA) is 49.9 Å². The van der Waals surface area contributed by atoms with Crippen molar-refractivity contribution < 1.29 is 14.3 Å². The molecule has 2 amide bonds. The first-order valence-electron chi connectivity index (χ1n) is 11.3. The van der Waals surface area contributed by atoms with Crippen LogP contribution in [0.1, 0.15) is 62.0 Å². The molecule has 6 heteroatoms. The van der Waals surface area contributed by atoms with Crippen molar-refractivity contribution in [1.82, 2.24) is 9.80 Å². The predicted octanol–water partition coefficient (Wildman–Crippen LogP) is 6.05. The Labute approximate surface area is 199 Å². The molecular weight excluding hydrogens is 468 g/mol. The molecular formula is C26H33BrN2O3. The lowest BCUT2D eigenvalue weighted by molar-refractivity contribution is 0.0142. The zero-order valence-corrected chi connectivity index (χ0v) is 21.0. The van der Waals surface area contributed by atoms with Gasteiger partial charge in [-0.3, -0.25) is 4.79 Å². The minimum absolute atomic E-state index is 0.0336. The SMILES string of the molecule is CCc1ccc(C(=O)N(Cc2ccc(Br)cc2)C2CCN(C(=O)OC(C)(C)C)CC2)cc1. The molecule has 1 fully saturated rings. The molecule has 0 spiro atoms. The van der Waals surface area contributed by atoms with Crippen LogP contribution in [0.2, 0.25) is 0 Å². The monoisotopic (exact) mass is 500 g/mol. The number of likely N-dealkylation sites (tertiary alicyclic amines) is 1. The summed E-state index contributed by atoms with van der Waals surface area (Å²) in [5.41, 5.74) is 2.49. The van der Waals surface area contributed by atoms with Crippen molar-refractivity contribution in [2.75, 3.05) is 13.1 Å². The molecule has 0 unspecified atom stereocenters. The Kier molecular flexibility index (Phi) is 7.99. The zero-order chi connectivity index (χ0) is 23.3. The quantitative estimate of drug-likeness (QED) is 0.501. The number of ether oxygens (including phenoxy) is 1. The van der Waals surface area contributed by atoms with E-state index in [1.807, 2.05) is 74.2 Å². The number of hydrogen-bond donors (Lipinski definition) is 0. The average Bonchev–Trinajstić information content (AvgIpc) is 2.77. The summed E-state index contributed by atoms with van der Waals surface area (Å²) in [4.78, 5) is 29.7. The van der Waals surface area contributed by atoms with E-state index < -0.39 is 5.60 Å². The third-order valence-corrected chi connectivity index (χ3v) is 6.22. The third-order valence-electron chi connectivity index (χ3n) is 5.69. The molecule has 5 nitrogen and oxygen atoms in total. The van der Waals surface area contributed by atoms with Crippen molar-refractivity contribution in [2.24, 2.45) is 0 Å². The molecule has 0 N–H and O–H groups in total. The number of nitrogens with zero attached hydrogens (tertiary/aromatic N) is 2. The standard InChI is InChI=1S/C26H33BrN2O3/c1-5-19-6-10-21(11-7-19)24(30)29(18-20-8-12-22(27)13-9-20)23-14-16-28(17-15-23)25(31)32-26(2,3)4/h6-13,23H,5,14-18H2,1-4H3. The number of aryl methyl sites for hydroxylation is 1. The van der Waals surface area contributed by atoms with Gasteiger partial charge >= 0.3 is 6.09 Å². The molecule has 0 bridgehead atoms. The second kappa shape index (κ2) is 10.5. The molecule has 1 saturated heterocycles. The van der Waals surface area contributed by atoms with Gasteiger partial charge in [0.15, 0.2) is 0 Å². The second-order valence-corrected chi connectivity index (χ2v) is 10.2. The van der Waals surface area contributed by atoms with Crippen LogP contribution in [-0.2, 0) is 17.7 Å². The molecule has 2 aromatic carbocycles. The number of piperidine rings is 1. The first kappa shape index (κ1) is 24.3. The van der Waals surface area contributed by atoms with Crippen LogP contribution in [-0.4, -0.2) is 46.5 Å². The van der Waals surface area contributed by atoms with Crippen molar-refractivity contribution in [3.8, 4) is 0 Å². The van der Waals surface area contributed by atoms with E-state index in [1.54, 1.807) is 4.90 Å². The highest BCUT2D eigenvalue weighted by Gasteiger charge is 2.32. The fourth-order valence-electron chi connectivity index (χ4n) is 3.89. The average molecular weight is 501 g/mol. The fourth-order valence-corrected chi connectivity index (χ4v) is 4.15. The molecule has 32 heavy (non-hydrogen) atoms. The molecule has 0 aromatic heterocycles. The fraction of sp³-hybridized carbons (Fsp3) is 0.462. The third kappa shape index (κ3) is 6.58. The Morgan fingerprint density at radius 2 is 1.56 bits per heavy atom. The Hall–Kier alpha value is -2.34. The Bertz CT molecular complexity index is 912. The molecule has 3 rings (SSSR count). The van der Waals surface area contributed by atoms with Gasteiger partial charge in [-0.05, 0) is 75.4 Å². The van der Waals surface area contributed by atoms with Gasteiger partial charge in [-0.1, -0.05) is 47.1 Å². The Morgan fingerprint density at radius 1 is 1.00 bits per heavy atom. The first-order chi connectivity index (χ1) is 15.2. The van der Waals surface area contributed by atoms with Crippen LogP contribution >= 0.6 is 15.9 Å². The number of rotatable bonds is 5. The van der Waals surface area contributed by atoms with Crippen molar-refractivity contribution in [3.63, 3.8) is 0 Å². The van der Waals surface area contributed by atoms with E-state index in [1.165, 1.54) is 5.56 Å². The summed E-state index contributed by atoms with van der Waals surface area (Å²) >= 11 is 3.48. The van der Waals surface area contributed by atoms with Crippen LogP contribution in [0, 0.1) is 0 Å². The van der Waals surface area contributed by atoms with Gasteiger partial charge in [0.05, 0.1) is 0 Å². The maximum atomic E-state index is 13.5. The number of amides is 2. The van der Waals surface area contributed by atoms with E-state index in [0.717, 1.165) is 29.3 Å². The van der Waals surface area contributed by atoms with Crippen LogP contribution in [0.15, 0.2) is 53.0 Å². The van der Waals surface area contributed by atoms with Gasteiger partial charge in [0.25, 0.3) is 5.91 Å². The summed E-state index contributed by atoms with van der Waals surface area (Å²) in [5.74, 6) is 0.0336. The van der Waals surface area contributed by atoms with Crippen molar-refractivity contribution in [2.45, 2.75) is 65.1 Å². The minimum Gasteiger partial charge on any atom is -0.444 e. The van der Waals surface area contributed by atoms with Crippen LogP contribution < -0.4 is 0 Å². The van der Waals surface area contributed by atoms with E-state index in [0.29, 0.717) is 25.2 Å². The normalized spacial score (nSPS) is 14.8. The van der Waals surface area contributed by atoms with Crippen LogP contribution in [0.5, 0.6) is 0 Å². The predicted molar refractivity (Wildman–Crippen MR) is 131 cm³/mol.